The Morgan fingerprint density at radius 3 is 2.90 bits per heavy atom. The van der Waals surface area contributed by atoms with E-state index in [2.05, 4.69) is 18.1 Å². The zero-order chi connectivity index (χ0) is 7.40. The predicted octanol–water partition coefficient (Wildman–Crippen LogP) is 0.970. The summed E-state index contributed by atoms with van der Waals surface area (Å²) in [6, 6.07) is 0.0961. The first kappa shape index (κ1) is 7.73. The maximum Gasteiger partial charge on any atom is 0.217 e. The van der Waals surface area contributed by atoms with Crippen LogP contribution in [-0.4, -0.2) is 30.3 Å². The molecule has 0 aromatic carbocycles. The van der Waals surface area contributed by atoms with Crippen molar-refractivity contribution in [2.75, 3.05) is 13.1 Å². The summed E-state index contributed by atoms with van der Waals surface area (Å²) >= 11 is 0. The van der Waals surface area contributed by atoms with E-state index in [0.29, 0.717) is 0 Å². The van der Waals surface area contributed by atoms with Crippen LogP contribution in [0.25, 0.3) is 0 Å². The third-order valence-electron chi connectivity index (χ3n) is 2.16. The van der Waals surface area contributed by atoms with Crippen molar-refractivity contribution in [1.82, 2.24) is 4.90 Å². The molecule has 1 radical (unpaired) electrons. The predicted molar refractivity (Wildman–Crippen MR) is 40.6 cm³/mol. The van der Waals surface area contributed by atoms with Crippen molar-refractivity contribution in [3.05, 3.63) is 0 Å². The molecule has 0 aliphatic carbocycles. The van der Waals surface area contributed by atoms with Gasteiger partial charge in [0.1, 0.15) is 0 Å². The van der Waals surface area contributed by atoms with Gasteiger partial charge in [-0.25, -0.2) is 0 Å². The van der Waals surface area contributed by atoms with Crippen LogP contribution >= 0.6 is 0 Å². The maximum absolute atomic E-state index is 10.4. The lowest BCUT2D eigenvalue weighted by atomic mass is 10.0. The summed E-state index contributed by atoms with van der Waals surface area (Å²) < 4.78 is 0. The molecule has 1 heterocycles. The molecule has 57 valence electrons. The first-order valence-electron chi connectivity index (χ1n) is 4.00. The lowest BCUT2D eigenvalue weighted by Crippen LogP contribution is -2.40. The van der Waals surface area contributed by atoms with Gasteiger partial charge in [-0.05, 0) is 25.9 Å². The molecule has 1 rings (SSSR count). The number of likely N-dealkylation sites (N-methyl/N-ethyl adjacent to an activating group) is 1. The van der Waals surface area contributed by atoms with Crippen LogP contribution in [0.3, 0.4) is 0 Å². The van der Waals surface area contributed by atoms with Gasteiger partial charge in [0.15, 0.2) is 0 Å². The summed E-state index contributed by atoms with van der Waals surface area (Å²) in [5.41, 5.74) is 0. The number of likely N-dealkylation sites (tertiary alicyclic amines) is 1. The molecule has 1 fully saturated rings. The molecule has 1 aliphatic rings. The van der Waals surface area contributed by atoms with Crippen LogP contribution in [0.15, 0.2) is 0 Å². The summed E-state index contributed by atoms with van der Waals surface area (Å²) in [6.07, 6.45) is 5.53. The zero-order valence-electron chi connectivity index (χ0n) is 6.47. The Hall–Kier alpha value is -0.370. The van der Waals surface area contributed by atoms with E-state index in [-0.39, 0.29) is 6.04 Å². The van der Waals surface area contributed by atoms with Gasteiger partial charge in [-0.1, -0.05) is 13.3 Å². The first-order chi connectivity index (χ1) is 4.88. The average Bonchev–Trinajstić information content (AvgIpc) is 2.04. The third-order valence-corrected chi connectivity index (χ3v) is 2.16. The van der Waals surface area contributed by atoms with E-state index in [0.717, 1.165) is 19.5 Å². The van der Waals surface area contributed by atoms with Gasteiger partial charge in [0.05, 0.1) is 6.04 Å². The van der Waals surface area contributed by atoms with E-state index >= 15 is 0 Å². The Labute approximate surface area is 62.2 Å². The molecule has 0 bridgehead atoms. The highest BCUT2D eigenvalue weighted by atomic mass is 16.1. The number of carbonyl (C=O) groups excluding carboxylic acids is 1. The summed E-state index contributed by atoms with van der Waals surface area (Å²) in [5, 5.41) is 0. The second kappa shape index (κ2) is 3.71. The molecular formula is C8H14NO. The number of hydrogen-bond acceptors (Lipinski definition) is 2. The highest BCUT2D eigenvalue weighted by Gasteiger charge is 2.20. The van der Waals surface area contributed by atoms with E-state index in [1.807, 2.05) is 0 Å². The zero-order valence-corrected chi connectivity index (χ0v) is 6.47. The SMILES string of the molecule is CCN1CCCCC1[C]=O. The minimum atomic E-state index is 0.0961. The van der Waals surface area contributed by atoms with Crippen molar-refractivity contribution in [3.63, 3.8) is 0 Å². The van der Waals surface area contributed by atoms with Crippen molar-refractivity contribution in [2.45, 2.75) is 32.2 Å². The number of piperidine rings is 1. The third kappa shape index (κ3) is 1.57. The Morgan fingerprint density at radius 1 is 1.60 bits per heavy atom. The molecule has 0 aromatic rings. The lowest BCUT2D eigenvalue weighted by Gasteiger charge is -2.30. The second-order valence-corrected chi connectivity index (χ2v) is 2.76. The largest absolute Gasteiger partial charge is 0.293 e. The van der Waals surface area contributed by atoms with Crippen molar-refractivity contribution in [3.8, 4) is 0 Å². The van der Waals surface area contributed by atoms with Crippen molar-refractivity contribution >= 4 is 6.29 Å². The number of rotatable bonds is 2. The number of nitrogens with zero attached hydrogens (tertiary/aromatic N) is 1. The van der Waals surface area contributed by atoms with Gasteiger partial charge in [0.25, 0.3) is 0 Å². The Morgan fingerprint density at radius 2 is 2.40 bits per heavy atom. The minimum absolute atomic E-state index is 0.0961. The highest BCUT2D eigenvalue weighted by Crippen LogP contribution is 2.14. The van der Waals surface area contributed by atoms with Gasteiger partial charge in [0, 0.05) is 0 Å². The van der Waals surface area contributed by atoms with E-state index in [4.69, 9.17) is 0 Å². The first-order valence-corrected chi connectivity index (χ1v) is 4.00. The molecule has 1 saturated heterocycles. The molecule has 2 nitrogen and oxygen atoms in total. The van der Waals surface area contributed by atoms with Crippen LogP contribution in [0.5, 0.6) is 0 Å². The Kier molecular flexibility index (Phi) is 2.87. The molecule has 2 heteroatoms. The molecule has 1 atom stereocenters. The number of hydrogen-bond donors (Lipinski definition) is 0. The van der Waals surface area contributed by atoms with Crippen LogP contribution in [0.1, 0.15) is 26.2 Å². The molecule has 0 spiro atoms. The van der Waals surface area contributed by atoms with Gasteiger partial charge in [-0.2, -0.15) is 0 Å². The molecule has 1 unspecified atom stereocenters. The van der Waals surface area contributed by atoms with Gasteiger partial charge in [-0.15, -0.1) is 0 Å². The summed E-state index contributed by atoms with van der Waals surface area (Å²) in [5.74, 6) is 0. The monoisotopic (exact) mass is 140 g/mol. The molecule has 0 saturated carbocycles. The smallest absolute Gasteiger partial charge is 0.217 e. The van der Waals surface area contributed by atoms with Gasteiger partial charge in [0.2, 0.25) is 6.29 Å². The van der Waals surface area contributed by atoms with Crippen LogP contribution < -0.4 is 0 Å². The second-order valence-electron chi connectivity index (χ2n) is 2.76. The standard InChI is InChI=1S/C8H14NO/c1-2-9-6-4-3-5-8(9)7-10/h8H,2-6H2,1H3. The fourth-order valence-corrected chi connectivity index (χ4v) is 1.50. The molecular weight excluding hydrogens is 126 g/mol. The topological polar surface area (TPSA) is 20.3 Å². The van der Waals surface area contributed by atoms with Gasteiger partial charge >= 0.3 is 0 Å². The normalized spacial score (nSPS) is 28.3. The van der Waals surface area contributed by atoms with Crippen molar-refractivity contribution in [1.29, 1.82) is 0 Å². The van der Waals surface area contributed by atoms with E-state index in [9.17, 15) is 4.79 Å². The molecule has 0 amide bonds. The summed E-state index contributed by atoms with van der Waals surface area (Å²) in [4.78, 5) is 12.6. The highest BCUT2D eigenvalue weighted by molar-refractivity contribution is 5.58. The van der Waals surface area contributed by atoms with Gasteiger partial charge < -0.3 is 0 Å². The maximum atomic E-state index is 10.4. The minimum Gasteiger partial charge on any atom is -0.293 e. The Balaban J connectivity index is 2.41. The Bertz CT molecular complexity index is 114. The van der Waals surface area contributed by atoms with Crippen LogP contribution in [-0.2, 0) is 4.79 Å². The van der Waals surface area contributed by atoms with E-state index < -0.39 is 0 Å². The molecule has 0 N–H and O–H groups in total. The van der Waals surface area contributed by atoms with Crippen molar-refractivity contribution < 1.29 is 4.79 Å². The average molecular weight is 140 g/mol. The molecule has 0 aromatic heterocycles. The lowest BCUT2D eigenvalue weighted by molar-refractivity contribution is 0.198. The van der Waals surface area contributed by atoms with Crippen LogP contribution in [0.4, 0.5) is 0 Å². The molecule has 1 aliphatic heterocycles. The van der Waals surface area contributed by atoms with Crippen LogP contribution in [0.2, 0.25) is 0 Å². The van der Waals surface area contributed by atoms with Crippen LogP contribution in [0, 0.1) is 0 Å². The van der Waals surface area contributed by atoms with Gasteiger partial charge in [-0.3, -0.25) is 9.69 Å². The fraction of sp³-hybridized carbons (Fsp3) is 0.875. The summed E-state index contributed by atoms with van der Waals surface area (Å²) in [6.45, 7) is 4.16. The quantitative estimate of drug-likeness (QED) is 0.569. The van der Waals surface area contributed by atoms with E-state index in [1.54, 1.807) is 0 Å². The van der Waals surface area contributed by atoms with Crippen molar-refractivity contribution in [2.24, 2.45) is 0 Å². The van der Waals surface area contributed by atoms with E-state index in [1.165, 1.54) is 12.8 Å². The fourth-order valence-electron chi connectivity index (χ4n) is 1.50. The summed E-state index contributed by atoms with van der Waals surface area (Å²) in [7, 11) is 0. The molecule has 10 heavy (non-hydrogen) atoms.